The molecule has 5 heteroatoms. The van der Waals surface area contributed by atoms with Gasteiger partial charge in [0.05, 0.1) is 10.9 Å². The van der Waals surface area contributed by atoms with Gasteiger partial charge in [-0.25, -0.2) is 9.59 Å². The van der Waals surface area contributed by atoms with E-state index in [0.717, 1.165) is 9.79 Å². The van der Waals surface area contributed by atoms with Crippen LogP contribution < -0.4 is 11.4 Å². The summed E-state index contributed by atoms with van der Waals surface area (Å²) in [7, 11) is 0. The molecule has 20 heavy (non-hydrogen) atoms. The minimum Gasteiger partial charge on any atom is -0.372 e. The maximum absolute atomic E-state index is 11.5. The van der Waals surface area contributed by atoms with Crippen LogP contribution in [0, 0.1) is 6.92 Å². The van der Waals surface area contributed by atoms with Crippen LogP contribution in [0.2, 0.25) is 0 Å². The number of rotatable bonds is 2. The van der Waals surface area contributed by atoms with Gasteiger partial charge in [0.1, 0.15) is 0 Å². The average molecular weight is 285 g/mol. The zero-order valence-corrected chi connectivity index (χ0v) is 11.5. The molecule has 1 N–H and O–H groups in total. The molecular formula is C15H11NO3S. The Labute approximate surface area is 118 Å². The van der Waals surface area contributed by atoms with Crippen LogP contribution in [0.15, 0.2) is 66.3 Å². The molecule has 2 aromatic carbocycles. The summed E-state index contributed by atoms with van der Waals surface area (Å²) < 4.78 is 4.49. The highest BCUT2D eigenvalue weighted by molar-refractivity contribution is 7.99. The average Bonchev–Trinajstić information content (AvgIpc) is 2.41. The molecule has 1 heterocycles. The van der Waals surface area contributed by atoms with Crippen molar-refractivity contribution in [3.8, 4) is 0 Å². The first-order chi connectivity index (χ1) is 9.61. The lowest BCUT2D eigenvalue weighted by molar-refractivity contribution is 0.460. The topological polar surface area (TPSA) is 63.1 Å². The third-order valence-electron chi connectivity index (χ3n) is 2.89. The van der Waals surface area contributed by atoms with Crippen LogP contribution in [-0.2, 0) is 0 Å². The van der Waals surface area contributed by atoms with Crippen LogP contribution in [0.1, 0.15) is 5.56 Å². The van der Waals surface area contributed by atoms with E-state index in [2.05, 4.69) is 9.40 Å². The predicted molar refractivity (Wildman–Crippen MR) is 78.4 cm³/mol. The van der Waals surface area contributed by atoms with E-state index in [1.54, 1.807) is 23.9 Å². The van der Waals surface area contributed by atoms with Crippen LogP contribution in [0.5, 0.6) is 0 Å². The minimum atomic E-state index is -0.736. The highest BCUT2D eigenvalue weighted by Crippen LogP contribution is 2.28. The molecule has 0 spiro atoms. The molecule has 3 rings (SSSR count). The highest BCUT2D eigenvalue weighted by atomic mass is 32.2. The fourth-order valence-corrected chi connectivity index (χ4v) is 2.74. The number of nitrogens with one attached hydrogen (secondary N) is 1. The van der Waals surface area contributed by atoms with Crippen molar-refractivity contribution in [1.29, 1.82) is 0 Å². The molecule has 0 saturated carbocycles. The summed E-state index contributed by atoms with van der Waals surface area (Å²) >= 11 is 1.57. The number of fused-ring (bicyclic) bond motifs is 1. The second-order valence-electron chi connectivity index (χ2n) is 4.42. The molecule has 1 aromatic heterocycles. The van der Waals surface area contributed by atoms with Crippen LogP contribution in [0.3, 0.4) is 0 Å². The van der Waals surface area contributed by atoms with Gasteiger partial charge in [0, 0.05) is 9.79 Å². The lowest BCUT2D eigenvalue weighted by atomic mass is 10.2. The Hall–Kier alpha value is -2.27. The molecule has 100 valence electrons. The van der Waals surface area contributed by atoms with E-state index in [-0.39, 0.29) is 0 Å². The normalized spacial score (nSPS) is 10.8. The maximum atomic E-state index is 11.5. The number of H-pyrrole nitrogens is 1. The Morgan fingerprint density at radius 1 is 1.00 bits per heavy atom. The second kappa shape index (κ2) is 5.02. The molecule has 0 atom stereocenters. The first-order valence-corrected chi connectivity index (χ1v) is 6.85. The number of aromatic amines is 1. The van der Waals surface area contributed by atoms with Gasteiger partial charge < -0.3 is 4.42 Å². The molecule has 4 nitrogen and oxygen atoms in total. The monoisotopic (exact) mass is 285 g/mol. The summed E-state index contributed by atoms with van der Waals surface area (Å²) in [5.74, 6) is -0.736. The molecular weight excluding hydrogens is 274 g/mol. The number of hydrogen-bond donors (Lipinski definition) is 1. The number of aryl methyl sites for hydroxylation is 1. The zero-order valence-electron chi connectivity index (χ0n) is 10.7. The van der Waals surface area contributed by atoms with Gasteiger partial charge in [-0.1, -0.05) is 29.5 Å². The Bertz CT molecular complexity index is 878. The summed E-state index contributed by atoms with van der Waals surface area (Å²) in [6, 6.07) is 13.4. The molecule has 0 fully saturated rings. The molecule has 0 radical (unpaired) electrons. The van der Waals surface area contributed by atoms with Gasteiger partial charge in [-0.15, -0.1) is 0 Å². The SMILES string of the molecule is Cc1ccc(Sc2ccc3c(=O)oc(=O)[nH]c3c2)cc1. The summed E-state index contributed by atoms with van der Waals surface area (Å²) in [4.78, 5) is 27.3. The van der Waals surface area contributed by atoms with Gasteiger partial charge in [0.15, 0.2) is 0 Å². The minimum absolute atomic E-state index is 0.373. The fourth-order valence-electron chi connectivity index (χ4n) is 1.89. The van der Waals surface area contributed by atoms with E-state index in [0.29, 0.717) is 10.9 Å². The van der Waals surface area contributed by atoms with E-state index in [9.17, 15) is 9.59 Å². The van der Waals surface area contributed by atoms with Gasteiger partial charge >= 0.3 is 11.4 Å². The van der Waals surface area contributed by atoms with Crippen LogP contribution in [-0.4, -0.2) is 4.98 Å². The van der Waals surface area contributed by atoms with Crippen molar-refractivity contribution in [3.05, 3.63) is 69.0 Å². The molecule has 0 aliphatic carbocycles. The van der Waals surface area contributed by atoms with Gasteiger partial charge in [0.2, 0.25) is 0 Å². The molecule has 3 aromatic rings. The molecule has 0 aliphatic rings. The van der Waals surface area contributed by atoms with E-state index in [1.165, 1.54) is 5.56 Å². The van der Waals surface area contributed by atoms with Crippen molar-refractivity contribution < 1.29 is 4.42 Å². The van der Waals surface area contributed by atoms with Gasteiger partial charge in [-0.2, -0.15) is 0 Å². The van der Waals surface area contributed by atoms with Crippen molar-refractivity contribution in [2.45, 2.75) is 16.7 Å². The van der Waals surface area contributed by atoms with Crippen LogP contribution in [0.25, 0.3) is 10.9 Å². The van der Waals surface area contributed by atoms with Gasteiger partial charge in [-0.3, -0.25) is 4.98 Å². The van der Waals surface area contributed by atoms with E-state index in [1.807, 2.05) is 37.3 Å². The Balaban J connectivity index is 2.02. The molecule has 0 saturated heterocycles. The van der Waals surface area contributed by atoms with E-state index >= 15 is 0 Å². The van der Waals surface area contributed by atoms with Crippen molar-refractivity contribution in [3.63, 3.8) is 0 Å². The van der Waals surface area contributed by atoms with Crippen molar-refractivity contribution in [2.24, 2.45) is 0 Å². The summed E-state index contributed by atoms with van der Waals surface area (Å²) in [6.07, 6.45) is 0. The number of benzene rings is 2. The Morgan fingerprint density at radius 3 is 2.45 bits per heavy atom. The van der Waals surface area contributed by atoms with Gasteiger partial charge in [0.25, 0.3) is 0 Å². The van der Waals surface area contributed by atoms with E-state index in [4.69, 9.17) is 0 Å². The van der Waals surface area contributed by atoms with Crippen LogP contribution >= 0.6 is 11.8 Å². The molecule has 0 unspecified atom stereocenters. The highest BCUT2D eigenvalue weighted by Gasteiger charge is 2.04. The first-order valence-electron chi connectivity index (χ1n) is 6.03. The second-order valence-corrected chi connectivity index (χ2v) is 5.57. The lowest BCUT2D eigenvalue weighted by Crippen LogP contribution is -2.14. The largest absolute Gasteiger partial charge is 0.419 e. The summed E-state index contributed by atoms with van der Waals surface area (Å²) in [6.45, 7) is 2.04. The Kier molecular flexibility index (Phi) is 3.20. The molecule has 0 bridgehead atoms. The third kappa shape index (κ3) is 2.53. The Morgan fingerprint density at radius 2 is 1.70 bits per heavy atom. The molecule has 0 amide bonds. The zero-order chi connectivity index (χ0) is 14.1. The fraction of sp³-hybridized carbons (Fsp3) is 0.0667. The smallest absolute Gasteiger partial charge is 0.372 e. The van der Waals surface area contributed by atoms with Gasteiger partial charge in [-0.05, 0) is 37.3 Å². The molecule has 0 aliphatic heterocycles. The van der Waals surface area contributed by atoms with Crippen molar-refractivity contribution >= 4 is 22.7 Å². The van der Waals surface area contributed by atoms with Crippen molar-refractivity contribution in [2.75, 3.05) is 0 Å². The lowest BCUT2D eigenvalue weighted by Gasteiger charge is -2.03. The quantitative estimate of drug-likeness (QED) is 0.786. The van der Waals surface area contributed by atoms with E-state index < -0.39 is 11.4 Å². The third-order valence-corrected chi connectivity index (χ3v) is 3.89. The maximum Gasteiger partial charge on any atom is 0.419 e. The summed E-state index contributed by atoms with van der Waals surface area (Å²) in [5.41, 5.74) is 1.08. The number of hydrogen-bond acceptors (Lipinski definition) is 4. The van der Waals surface area contributed by atoms with Crippen LogP contribution in [0.4, 0.5) is 0 Å². The summed E-state index contributed by atoms with van der Waals surface area (Å²) in [5, 5.41) is 0.373. The number of aromatic nitrogens is 1. The van der Waals surface area contributed by atoms with Crippen molar-refractivity contribution in [1.82, 2.24) is 4.98 Å². The first kappa shape index (κ1) is 12.7. The predicted octanol–water partition coefficient (Wildman–Crippen LogP) is 2.94. The standard InChI is InChI=1S/C15H11NO3S/c1-9-2-4-10(5-3-9)20-11-6-7-12-13(8-11)16-15(18)19-14(12)17/h2-8H,1H3,(H,16,18).